The Balaban J connectivity index is 2.28. The second-order valence-electron chi connectivity index (χ2n) is 3.57. The molecule has 0 N–H and O–H groups in total. The second kappa shape index (κ2) is 4.98. The third-order valence-corrected chi connectivity index (χ3v) is 3.11. The van der Waals surface area contributed by atoms with E-state index in [0.717, 1.165) is 10.0 Å². The highest BCUT2D eigenvalue weighted by molar-refractivity contribution is 9.10. The Labute approximate surface area is 111 Å². The summed E-state index contributed by atoms with van der Waals surface area (Å²) in [6, 6.07) is 7.23. The van der Waals surface area contributed by atoms with E-state index in [1.807, 2.05) is 6.07 Å². The number of hydrogen-bond donors (Lipinski definition) is 0. The third kappa shape index (κ3) is 2.55. The summed E-state index contributed by atoms with van der Waals surface area (Å²) in [6.07, 6.45) is 2.55. The van der Waals surface area contributed by atoms with Crippen LogP contribution in [0.3, 0.4) is 0 Å². The minimum Gasteiger partial charge on any atom is -0.261 e. The first-order valence-electron chi connectivity index (χ1n) is 4.95. The van der Waals surface area contributed by atoms with E-state index >= 15 is 0 Å². The average molecular weight is 307 g/mol. The van der Waals surface area contributed by atoms with E-state index in [9.17, 15) is 10.1 Å². The highest BCUT2D eigenvalue weighted by atomic mass is 79.9. The smallest absolute Gasteiger partial charge is 0.261 e. The molecule has 0 atom stereocenters. The first-order chi connectivity index (χ1) is 8.60. The number of hydrogen-bond acceptors (Lipinski definition) is 4. The van der Waals surface area contributed by atoms with Crippen LogP contribution in [0.1, 0.15) is 11.1 Å². The fourth-order valence-corrected chi connectivity index (χ4v) is 1.85. The molecule has 0 aliphatic carbocycles. The largest absolute Gasteiger partial charge is 0.307 e. The summed E-state index contributed by atoms with van der Waals surface area (Å²) in [7, 11) is 0. The third-order valence-electron chi connectivity index (χ3n) is 2.34. The lowest BCUT2D eigenvalue weighted by Gasteiger charge is -2.04. The lowest BCUT2D eigenvalue weighted by Crippen LogP contribution is -2.01. The fourth-order valence-electron chi connectivity index (χ4n) is 1.47. The quantitative estimate of drug-likeness (QED) is 0.644. The van der Waals surface area contributed by atoms with Gasteiger partial charge in [0.15, 0.2) is 0 Å². The Morgan fingerprint density at radius 1 is 1.56 bits per heavy atom. The molecule has 0 saturated carbocycles. The molecule has 2 aromatic rings. The average Bonchev–Trinajstić information content (AvgIpc) is 2.81. The van der Waals surface area contributed by atoms with Gasteiger partial charge in [-0.15, -0.1) is 0 Å². The van der Waals surface area contributed by atoms with Crippen LogP contribution in [0, 0.1) is 21.4 Å². The Hall–Kier alpha value is -2.20. The molecule has 18 heavy (non-hydrogen) atoms. The van der Waals surface area contributed by atoms with Gasteiger partial charge in [-0.05, 0) is 23.8 Å². The zero-order valence-corrected chi connectivity index (χ0v) is 10.7. The molecule has 0 amide bonds. The topological polar surface area (TPSA) is 84.8 Å². The Morgan fingerprint density at radius 3 is 2.94 bits per heavy atom. The molecule has 0 bridgehead atoms. The number of nitriles is 1. The van der Waals surface area contributed by atoms with Crippen molar-refractivity contribution in [1.29, 1.82) is 5.26 Å². The molecule has 2 rings (SSSR count). The molecule has 90 valence electrons. The van der Waals surface area contributed by atoms with Crippen LogP contribution in [0.15, 0.2) is 35.1 Å². The van der Waals surface area contributed by atoms with Crippen molar-refractivity contribution in [2.45, 2.75) is 6.54 Å². The number of aromatic nitrogens is 2. The van der Waals surface area contributed by atoms with Gasteiger partial charge in [0, 0.05) is 4.47 Å². The summed E-state index contributed by atoms with van der Waals surface area (Å²) in [5.74, 6) is 0. The number of halogens is 1. The number of benzene rings is 1. The fraction of sp³-hybridized carbons (Fsp3) is 0.0909. The monoisotopic (exact) mass is 306 g/mol. The summed E-state index contributed by atoms with van der Waals surface area (Å²) in [4.78, 5) is 10.0. The first kappa shape index (κ1) is 12.3. The van der Waals surface area contributed by atoms with Crippen molar-refractivity contribution in [2.24, 2.45) is 0 Å². The number of nitrogens with zero attached hydrogens (tertiary/aromatic N) is 4. The lowest BCUT2D eigenvalue weighted by atomic mass is 10.1. The molecular weight excluding hydrogens is 300 g/mol. The Morgan fingerprint density at radius 2 is 2.33 bits per heavy atom. The molecule has 0 fully saturated rings. The van der Waals surface area contributed by atoms with Crippen molar-refractivity contribution in [3.8, 4) is 6.07 Å². The van der Waals surface area contributed by atoms with Gasteiger partial charge in [0.05, 0.1) is 23.1 Å². The highest BCUT2D eigenvalue weighted by Gasteiger charge is 2.10. The van der Waals surface area contributed by atoms with Crippen LogP contribution >= 0.6 is 15.9 Å². The van der Waals surface area contributed by atoms with Crippen molar-refractivity contribution in [2.75, 3.05) is 0 Å². The van der Waals surface area contributed by atoms with E-state index in [1.165, 1.54) is 17.1 Å². The van der Waals surface area contributed by atoms with Gasteiger partial charge in [-0.2, -0.15) is 10.4 Å². The molecular formula is C11H7BrN4O2. The predicted molar refractivity (Wildman–Crippen MR) is 66.8 cm³/mol. The molecule has 0 aliphatic heterocycles. The maximum absolute atomic E-state index is 10.5. The highest BCUT2D eigenvalue weighted by Crippen LogP contribution is 2.20. The maximum atomic E-state index is 10.5. The van der Waals surface area contributed by atoms with Crippen LogP contribution in [0.25, 0.3) is 0 Å². The van der Waals surface area contributed by atoms with Crippen molar-refractivity contribution in [1.82, 2.24) is 9.78 Å². The maximum Gasteiger partial charge on any atom is 0.307 e. The molecule has 0 spiro atoms. The van der Waals surface area contributed by atoms with Crippen LogP contribution in [0.4, 0.5) is 5.69 Å². The Kier molecular flexibility index (Phi) is 3.39. The minimum absolute atomic E-state index is 0.0532. The predicted octanol–water partition coefficient (Wildman–Crippen LogP) is 2.47. The van der Waals surface area contributed by atoms with Crippen molar-refractivity contribution in [3.63, 3.8) is 0 Å². The molecule has 1 heterocycles. The van der Waals surface area contributed by atoms with Gasteiger partial charge in [0.2, 0.25) is 0 Å². The minimum atomic E-state index is -0.496. The van der Waals surface area contributed by atoms with Crippen LogP contribution in [0.2, 0.25) is 0 Å². The van der Waals surface area contributed by atoms with E-state index < -0.39 is 4.92 Å². The van der Waals surface area contributed by atoms with Crippen LogP contribution < -0.4 is 0 Å². The van der Waals surface area contributed by atoms with Crippen LogP contribution in [-0.2, 0) is 6.54 Å². The van der Waals surface area contributed by atoms with E-state index in [4.69, 9.17) is 5.26 Å². The van der Waals surface area contributed by atoms with Crippen molar-refractivity contribution < 1.29 is 4.92 Å². The summed E-state index contributed by atoms with van der Waals surface area (Å²) >= 11 is 3.37. The van der Waals surface area contributed by atoms with E-state index in [1.54, 1.807) is 18.2 Å². The zero-order chi connectivity index (χ0) is 13.1. The van der Waals surface area contributed by atoms with Gasteiger partial charge in [0.1, 0.15) is 12.4 Å². The van der Waals surface area contributed by atoms with Crippen LogP contribution in [-0.4, -0.2) is 14.7 Å². The molecule has 0 radical (unpaired) electrons. The van der Waals surface area contributed by atoms with E-state index in [0.29, 0.717) is 12.1 Å². The molecule has 0 unspecified atom stereocenters. The molecule has 7 heteroatoms. The van der Waals surface area contributed by atoms with Crippen LogP contribution in [0.5, 0.6) is 0 Å². The Bertz CT molecular complexity index is 645. The summed E-state index contributed by atoms with van der Waals surface area (Å²) in [6.45, 7) is 0.365. The van der Waals surface area contributed by atoms with Gasteiger partial charge in [-0.25, -0.2) is 0 Å². The molecule has 1 aromatic heterocycles. The number of rotatable bonds is 3. The van der Waals surface area contributed by atoms with Crippen molar-refractivity contribution in [3.05, 3.63) is 56.3 Å². The van der Waals surface area contributed by atoms with E-state index in [-0.39, 0.29) is 5.69 Å². The zero-order valence-electron chi connectivity index (χ0n) is 9.08. The SMILES string of the molecule is N#Cc1ccc(Br)c(Cn2cc([N+](=O)[O-])cn2)c1. The molecule has 0 saturated heterocycles. The molecule has 6 nitrogen and oxygen atoms in total. The normalized spacial score (nSPS) is 10.0. The summed E-state index contributed by atoms with van der Waals surface area (Å²) < 4.78 is 2.29. The van der Waals surface area contributed by atoms with Gasteiger partial charge < -0.3 is 0 Å². The van der Waals surface area contributed by atoms with Gasteiger partial charge in [-0.1, -0.05) is 15.9 Å². The lowest BCUT2D eigenvalue weighted by molar-refractivity contribution is -0.385. The standard InChI is InChI=1S/C11H7BrN4O2/c12-11-2-1-8(4-13)3-9(11)6-15-7-10(5-14-15)16(17)18/h1-3,5,7H,6H2. The van der Waals surface area contributed by atoms with Gasteiger partial charge in [-0.3, -0.25) is 14.8 Å². The molecule has 1 aromatic carbocycles. The second-order valence-corrected chi connectivity index (χ2v) is 4.43. The van der Waals surface area contributed by atoms with E-state index in [2.05, 4.69) is 21.0 Å². The summed E-state index contributed by atoms with van der Waals surface area (Å²) in [5, 5.41) is 23.3. The van der Waals surface area contributed by atoms with Gasteiger partial charge in [0.25, 0.3) is 0 Å². The molecule has 0 aliphatic rings. The summed E-state index contributed by atoms with van der Waals surface area (Å²) in [5.41, 5.74) is 1.32. The number of nitro groups is 1. The first-order valence-corrected chi connectivity index (χ1v) is 5.75. The van der Waals surface area contributed by atoms with Gasteiger partial charge >= 0.3 is 5.69 Å². The van der Waals surface area contributed by atoms with Crippen molar-refractivity contribution >= 4 is 21.6 Å².